The highest BCUT2D eigenvalue weighted by atomic mass is 35.5. The van der Waals surface area contributed by atoms with Gasteiger partial charge in [-0.15, -0.1) is 10.2 Å². The summed E-state index contributed by atoms with van der Waals surface area (Å²) in [5.41, 5.74) is 4.51. The van der Waals surface area contributed by atoms with Gasteiger partial charge in [0.15, 0.2) is 11.9 Å². The Morgan fingerprint density at radius 3 is 2.60 bits per heavy atom. The maximum absolute atomic E-state index is 6.25. The van der Waals surface area contributed by atoms with Gasteiger partial charge >= 0.3 is 0 Å². The summed E-state index contributed by atoms with van der Waals surface area (Å²) < 4.78 is 6.25. The lowest BCUT2D eigenvalue weighted by atomic mass is 10.1. The molecule has 0 saturated heterocycles. The Morgan fingerprint density at radius 2 is 1.77 bits per heavy atom. The normalized spacial score (nSPS) is 14.6. The van der Waals surface area contributed by atoms with Crippen LogP contribution in [0.5, 0.6) is 5.88 Å². The van der Waals surface area contributed by atoms with E-state index in [1.54, 1.807) is 12.4 Å². The summed E-state index contributed by atoms with van der Waals surface area (Å²) in [7, 11) is 0. The predicted octanol–water partition coefficient (Wildman–Crippen LogP) is 5.38. The smallest absolute Gasteiger partial charge is 0.247 e. The standard InChI is InChI=1S/C22H16ClN5OS/c23-16-7-5-14(6-8-16)13-30-22-26-21-19(27-28-22)17-3-1-2-4-18(17)25-20(29-21)15-9-11-24-12-10-15/h1-12,20,25H,13H2/t20-/m1/s1. The Hall–Kier alpha value is -3.16. The second kappa shape index (κ2) is 8.30. The van der Waals surface area contributed by atoms with Gasteiger partial charge in [-0.2, -0.15) is 4.98 Å². The van der Waals surface area contributed by atoms with E-state index < -0.39 is 6.23 Å². The molecule has 5 rings (SSSR count). The molecule has 0 bridgehead atoms. The van der Waals surface area contributed by atoms with E-state index in [9.17, 15) is 0 Å². The molecule has 0 aliphatic carbocycles. The number of pyridine rings is 1. The van der Waals surface area contributed by atoms with Crippen LogP contribution in [-0.4, -0.2) is 20.2 Å². The van der Waals surface area contributed by atoms with Crippen molar-refractivity contribution in [3.05, 3.63) is 89.2 Å². The van der Waals surface area contributed by atoms with Gasteiger partial charge in [-0.25, -0.2) is 0 Å². The van der Waals surface area contributed by atoms with E-state index in [1.165, 1.54) is 11.8 Å². The van der Waals surface area contributed by atoms with Gasteiger partial charge in [0.05, 0.1) is 0 Å². The topological polar surface area (TPSA) is 72.8 Å². The zero-order valence-corrected chi connectivity index (χ0v) is 17.3. The van der Waals surface area contributed by atoms with Gasteiger partial charge in [0.25, 0.3) is 0 Å². The third-order valence-electron chi connectivity index (χ3n) is 4.62. The molecule has 1 atom stereocenters. The van der Waals surface area contributed by atoms with E-state index in [2.05, 4.69) is 25.5 Å². The Labute approximate surface area is 182 Å². The molecule has 30 heavy (non-hydrogen) atoms. The first kappa shape index (κ1) is 18.8. The van der Waals surface area contributed by atoms with Gasteiger partial charge in [-0.1, -0.05) is 53.7 Å². The van der Waals surface area contributed by atoms with Crippen LogP contribution in [0.25, 0.3) is 11.3 Å². The molecule has 0 unspecified atom stereocenters. The van der Waals surface area contributed by atoms with E-state index in [4.69, 9.17) is 16.3 Å². The maximum atomic E-state index is 6.25. The molecule has 148 valence electrons. The number of rotatable bonds is 4. The lowest BCUT2D eigenvalue weighted by molar-refractivity contribution is 0.225. The number of anilines is 1. The van der Waals surface area contributed by atoms with Crippen molar-refractivity contribution in [2.45, 2.75) is 17.1 Å². The monoisotopic (exact) mass is 433 g/mol. The largest absolute Gasteiger partial charge is 0.448 e. The molecule has 6 nitrogen and oxygen atoms in total. The number of nitrogens with zero attached hydrogens (tertiary/aromatic N) is 4. The molecule has 8 heteroatoms. The molecule has 2 aromatic carbocycles. The second-order valence-corrected chi connectivity index (χ2v) is 8.01. The number of benzene rings is 2. The third-order valence-corrected chi connectivity index (χ3v) is 5.78. The van der Waals surface area contributed by atoms with Crippen molar-refractivity contribution in [2.75, 3.05) is 5.32 Å². The van der Waals surface area contributed by atoms with Crippen molar-refractivity contribution in [2.24, 2.45) is 0 Å². The van der Waals surface area contributed by atoms with E-state index in [1.807, 2.05) is 60.7 Å². The van der Waals surface area contributed by atoms with E-state index >= 15 is 0 Å². The fourth-order valence-electron chi connectivity index (χ4n) is 3.13. The second-order valence-electron chi connectivity index (χ2n) is 6.63. The predicted molar refractivity (Wildman–Crippen MR) is 118 cm³/mol. The number of aromatic nitrogens is 4. The van der Waals surface area contributed by atoms with Crippen molar-refractivity contribution in [1.82, 2.24) is 20.2 Å². The fraction of sp³-hybridized carbons (Fsp3) is 0.0909. The summed E-state index contributed by atoms with van der Waals surface area (Å²) in [4.78, 5) is 8.76. The van der Waals surface area contributed by atoms with Crippen LogP contribution in [0.15, 0.2) is 78.2 Å². The number of nitrogens with one attached hydrogen (secondary N) is 1. The quantitative estimate of drug-likeness (QED) is 0.433. The first-order valence-corrected chi connectivity index (χ1v) is 10.7. The van der Waals surface area contributed by atoms with Crippen LogP contribution in [0.3, 0.4) is 0 Å². The lowest BCUT2D eigenvalue weighted by Gasteiger charge is -2.19. The highest BCUT2D eigenvalue weighted by molar-refractivity contribution is 7.98. The number of hydrogen-bond acceptors (Lipinski definition) is 7. The van der Waals surface area contributed by atoms with Crippen LogP contribution in [-0.2, 0) is 5.75 Å². The van der Waals surface area contributed by atoms with Crippen molar-refractivity contribution in [3.63, 3.8) is 0 Å². The number of para-hydroxylation sites is 1. The molecule has 0 saturated carbocycles. The van der Waals surface area contributed by atoms with Crippen molar-refractivity contribution in [3.8, 4) is 17.1 Å². The van der Waals surface area contributed by atoms with Gasteiger partial charge < -0.3 is 10.1 Å². The highest BCUT2D eigenvalue weighted by Gasteiger charge is 2.25. The minimum Gasteiger partial charge on any atom is -0.448 e. The molecule has 1 aliphatic heterocycles. The summed E-state index contributed by atoms with van der Waals surface area (Å²) in [5, 5.41) is 13.5. The van der Waals surface area contributed by atoms with Gasteiger partial charge in [0.1, 0.15) is 0 Å². The average molecular weight is 434 g/mol. The lowest BCUT2D eigenvalue weighted by Crippen LogP contribution is -2.17. The summed E-state index contributed by atoms with van der Waals surface area (Å²) >= 11 is 7.46. The third kappa shape index (κ3) is 3.94. The minimum absolute atomic E-state index is 0.416. The molecule has 4 aromatic rings. The van der Waals surface area contributed by atoms with E-state index in [-0.39, 0.29) is 0 Å². The van der Waals surface area contributed by atoms with E-state index in [0.717, 1.165) is 22.4 Å². The van der Waals surface area contributed by atoms with Crippen molar-refractivity contribution >= 4 is 29.1 Å². The van der Waals surface area contributed by atoms with Crippen LogP contribution in [0.1, 0.15) is 17.4 Å². The Kier molecular flexibility index (Phi) is 5.21. The van der Waals surface area contributed by atoms with Gasteiger partial charge in [-0.3, -0.25) is 4.98 Å². The summed E-state index contributed by atoms with van der Waals surface area (Å²) in [5.74, 6) is 1.16. The molecule has 3 heterocycles. The van der Waals surface area contributed by atoms with Crippen LogP contribution in [0.2, 0.25) is 5.02 Å². The maximum Gasteiger partial charge on any atom is 0.247 e. The summed E-state index contributed by atoms with van der Waals surface area (Å²) in [6, 6.07) is 19.5. The Morgan fingerprint density at radius 1 is 0.967 bits per heavy atom. The number of ether oxygens (including phenoxy) is 1. The number of thioether (sulfide) groups is 1. The molecular weight excluding hydrogens is 418 g/mol. The first-order valence-electron chi connectivity index (χ1n) is 9.31. The van der Waals surface area contributed by atoms with Crippen molar-refractivity contribution in [1.29, 1.82) is 0 Å². The van der Waals surface area contributed by atoms with Crippen LogP contribution in [0, 0.1) is 0 Å². The molecular formula is C22H16ClN5OS. The molecule has 0 radical (unpaired) electrons. The number of halogens is 1. The Balaban J connectivity index is 1.48. The van der Waals surface area contributed by atoms with Crippen LogP contribution in [0.4, 0.5) is 5.69 Å². The number of fused-ring (bicyclic) bond motifs is 3. The summed E-state index contributed by atoms with van der Waals surface area (Å²) in [6.45, 7) is 0. The molecule has 0 spiro atoms. The molecule has 0 amide bonds. The minimum atomic E-state index is -0.416. The average Bonchev–Trinajstić information content (AvgIpc) is 2.96. The molecule has 1 N–H and O–H groups in total. The van der Waals surface area contributed by atoms with Gasteiger partial charge in [0.2, 0.25) is 11.0 Å². The SMILES string of the molecule is Clc1ccc(CSc2nnc3c(n2)O[C@H](c2ccncc2)Nc2ccccc2-3)cc1. The van der Waals surface area contributed by atoms with Gasteiger partial charge in [-0.05, 0) is 35.9 Å². The summed E-state index contributed by atoms with van der Waals surface area (Å²) in [6.07, 6.45) is 3.06. The zero-order chi connectivity index (χ0) is 20.3. The molecule has 0 fully saturated rings. The van der Waals surface area contributed by atoms with Crippen molar-refractivity contribution < 1.29 is 4.74 Å². The van der Waals surface area contributed by atoms with Crippen LogP contribution >= 0.6 is 23.4 Å². The Bertz CT molecular complexity index is 1170. The van der Waals surface area contributed by atoms with E-state index in [0.29, 0.717) is 27.5 Å². The first-order chi connectivity index (χ1) is 14.8. The number of hydrogen-bond donors (Lipinski definition) is 1. The zero-order valence-electron chi connectivity index (χ0n) is 15.7. The highest BCUT2D eigenvalue weighted by Crippen LogP contribution is 2.39. The van der Waals surface area contributed by atoms with Gasteiger partial charge in [0, 0.05) is 40.0 Å². The fourth-order valence-corrected chi connectivity index (χ4v) is 3.99. The molecule has 2 aromatic heterocycles. The van der Waals surface area contributed by atoms with Crippen LogP contribution < -0.4 is 10.1 Å². The molecule has 1 aliphatic rings.